The highest BCUT2D eigenvalue weighted by Crippen LogP contribution is 2.22. The van der Waals surface area contributed by atoms with Crippen LogP contribution in [0.5, 0.6) is 0 Å². The number of hydrogen-bond acceptors (Lipinski definition) is 5. The van der Waals surface area contributed by atoms with Gasteiger partial charge in [-0.05, 0) is 61.2 Å². The lowest BCUT2D eigenvalue weighted by atomic mass is 9.96. The van der Waals surface area contributed by atoms with E-state index in [1.54, 1.807) is 45.0 Å². The number of aromatic nitrogens is 3. The van der Waals surface area contributed by atoms with Crippen LogP contribution < -0.4 is 17.0 Å². The molecule has 0 saturated heterocycles. The van der Waals surface area contributed by atoms with Gasteiger partial charge in [-0.2, -0.15) is 0 Å². The fourth-order valence-corrected chi connectivity index (χ4v) is 3.85. The van der Waals surface area contributed by atoms with Gasteiger partial charge in [0.25, 0.3) is 5.56 Å². The number of rotatable bonds is 5. The maximum absolute atomic E-state index is 13.5. The molecule has 1 aromatic carbocycles. The summed E-state index contributed by atoms with van der Waals surface area (Å²) < 4.78 is 1.28. The third-order valence-electron chi connectivity index (χ3n) is 4.71. The van der Waals surface area contributed by atoms with E-state index in [4.69, 9.17) is 17.3 Å². The van der Waals surface area contributed by atoms with Crippen molar-refractivity contribution >= 4 is 23.2 Å². The number of carbonyl (C=O) groups excluding carboxylic acids is 1. The molecule has 0 fully saturated rings. The van der Waals surface area contributed by atoms with Gasteiger partial charge < -0.3 is 5.73 Å². The summed E-state index contributed by atoms with van der Waals surface area (Å²) in [6, 6.07) is 8.36. The first-order valence-electron chi connectivity index (χ1n) is 9.48. The van der Waals surface area contributed by atoms with E-state index in [9.17, 15) is 14.4 Å². The lowest BCUT2D eigenvalue weighted by molar-refractivity contribution is 0.102. The standard InChI is InChI=1S/C22H23ClN4O3/c1-11(2)18-19(20(28)15-5-12(3)6-16(23)9-15)27(22(30)26-21(18)29)10-14-7-13(4)25-17(24)8-14/h5-9,11H,10H2,1-4H3,(H2,24,25)(H,26,29,30). The average Bonchev–Trinajstić information content (AvgIpc) is 2.61. The van der Waals surface area contributed by atoms with Gasteiger partial charge in [-0.3, -0.25) is 19.1 Å². The number of anilines is 1. The molecule has 0 saturated carbocycles. The number of aromatic amines is 1. The maximum atomic E-state index is 13.5. The molecule has 2 aromatic heterocycles. The zero-order valence-corrected chi connectivity index (χ0v) is 18.0. The molecule has 156 valence electrons. The molecule has 2 heterocycles. The molecule has 0 aliphatic carbocycles. The Labute approximate surface area is 178 Å². The number of hydrogen-bond donors (Lipinski definition) is 2. The van der Waals surface area contributed by atoms with Crippen molar-refractivity contribution in [3.8, 4) is 0 Å². The lowest BCUT2D eigenvalue weighted by Gasteiger charge is -2.18. The third-order valence-corrected chi connectivity index (χ3v) is 4.92. The predicted molar refractivity (Wildman–Crippen MR) is 118 cm³/mol. The topological polar surface area (TPSA) is 111 Å². The van der Waals surface area contributed by atoms with Crippen molar-refractivity contribution in [1.29, 1.82) is 0 Å². The van der Waals surface area contributed by atoms with Gasteiger partial charge in [-0.1, -0.05) is 25.4 Å². The summed E-state index contributed by atoms with van der Waals surface area (Å²) in [5.74, 6) is -0.416. The molecular weight excluding hydrogens is 404 g/mol. The number of pyridine rings is 1. The Hall–Kier alpha value is -3.19. The molecule has 0 spiro atoms. The molecule has 3 aromatic rings. The zero-order valence-electron chi connectivity index (χ0n) is 17.2. The summed E-state index contributed by atoms with van der Waals surface area (Å²) in [5, 5.41) is 0.403. The summed E-state index contributed by atoms with van der Waals surface area (Å²) in [7, 11) is 0. The first-order valence-corrected chi connectivity index (χ1v) is 9.86. The summed E-state index contributed by atoms with van der Waals surface area (Å²) in [5.41, 5.74) is 7.39. The molecular formula is C22H23ClN4O3. The van der Waals surface area contributed by atoms with Crippen molar-refractivity contribution in [3.63, 3.8) is 0 Å². The smallest absolute Gasteiger partial charge is 0.329 e. The van der Waals surface area contributed by atoms with Gasteiger partial charge in [0.15, 0.2) is 0 Å². The van der Waals surface area contributed by atoms with Crippen LogP contribution >= 0.6 is 11.6 Å². The number of nitrogens with one attached hydrogen (secondary N) is 1. The molecule has 0 aliphatic rings. The number of aryl methyl sites for hydroxylation is 2. The Morgan fingerprint density at radius 1 is 1.17 bits per heavy atom. The van der Waals surface area contributed by atoms with Crippen LogP contribution in [0.15, 0.2) is 39.9 Å². The van der Waals surface area contributed by atoms with Crippen molar-refractivity contribution < 1.29 is 4.79 Å². The molecule has 30 heavy (non-hydrogen) atoms. The number of benzene rings is 1. The van der Waals surface area contributed by atoms with E-state index in [1.165, 1.54) is 10.6 Å². The van der Waals surface area contributed by atoms with E-state index in [-0.39, 0.29) is 23.7 Å². The van der Waals surface area contributed by atoms with Crippen molar-refractivity contribution in [3.05, 3.63) is 89.8 Å². The second kappa shape index (κ2) is 8.28. The highest BCUT2D eigenvalue weighted by molar-refractivity contribution is 6.31. The maximum Gasteiger partial charge on any atom is 0.329 e. The number of nitrogens with two attached hydrogens (primary N) is 1. The highest BCUT2D eigenvalue weighted by Gasteiger charge is 2.25. The molecule has 0 radical (unpaired) electrons. The summed E-state index contributed by atoms with van der Waals surface area (Å²) >= 11 is 6.14. The van der Waals surface area contributed by atoms with Gasteiger partial charge >= 0.3 is 5.69 Å². The highest BCUT2D eigenvalue weighted by atomic mass is 35.5. The minimum absolute atomic E-state index is 0.0495. The van der Waals surface area contributed by atoms with E-state index in [1.807, 2.05) is 6.92 Å². The van der Waals surface area contributed by atoms with Crippen LogP contribution in [0.2, 0.25) is 5.02 Å². The van der Waals surface area contributed by atoms with Crippen LogP contribution in [0, 0.1) is 13.8 Å². The lowest BCUT2D eigenvalue weighted by Crippen LogP contribution is -2.38. The number of carbonyl (C=O) groups is 1. The minimum atomic E-state index is -0.667. The number of halogens is 1. The monoisotopic (exact) mass is 426 g/mol. The Morgan fingerprint density at radius 3 is 2.47 bits per heavy atom. The molecule has 7 nitrogen and oxygen atoms in total. The van der Waals surface area contributed by atoms with Crippen LogP contribution in [0.1, 0.15) is 58.2 Å². The Kier molecular flexibility index (Phi) is 5.94. The van der Waals surface area contributed by atoms with Crippen molar-refractivity contribution in [1.82, 2.24) is 14.5 Å². The van der Waals surface area contributed by atoms with Crippen LogP contribution in [-0.4, -0.2) is 20.3 Å². The van der Waals surface area contributed by atoms with E-state index < -0.39 is 17.0 Å². The predicted octanol–water partition coefficient (Wildman–Crippen LogP) is 3.19. The summed E-state index contributed by atoms with van der Waals surface area (Å²) in [4.78, 5) is 45.4. The van der Waals surface area contributed by atoms with Gasteiger partial charge in [0, 0.05) is 21.8 Å². The fourth-order valence-electron chi connectivity index (χ4n) is 3.56. The van der Waals surface area contributed by atoms with Gasteiger partial charge in [-0.25, -0.2) is 9.78 Å². The normalized spacial score (nSPS) is 11.1. The van der Waals surface area contributed by atoms with Gasteiger partial charge in [-0.15, -0.1) is 0 Å². The minimum Gasteiger partial charge on any atom is -0.384 e. The number of nitrogens with zero attached hydrogens (tertiary/aromatic N) is 2. The molecule has 0 atom stereocenters. The number of ketones is 1. The molecule has 0 aliphatic heterocycles. The van der Waals surface area contributed by atoms with Gasteiger partial charge in [0.2, 0.25) is 5.78 Å². The average molecular weight is 427 g/mol. The summed E-state index contributed by atoms with van der Waals surface area (Å²) in [6.45, 7) is 7.26. The van der Waals surface area contributed by atoms with Gasteiger partial charge in [0.1, 0.15) is 11.5 Å². The number of H-pyrrole nitrogens is 1. The molecule has 0 unspecified atom stereocenters. The van der Waals surface area contributed by atoms with E-state index in [2.05, 4.69) is 9.97 Å². The Balaban J connectivity index is 2.29. The van der Waals surface area contributed by atoms with E-state index >= 15 is 0 Å². The van der Waals surface area contributed by atoms with E-state index in [0.717, 1.165) is 5.56 Å². The SMILES string of the molecule is Cc1cc(Cl)cc(C(=O)c2c(C(C)C)c(=O)[nH]c(=O)n2Cc2cc(C)nc(N)c2)c1. The molecule has 0 amide bonds. The largest absolute Gasteiger partial charge is 0.384 e. The molecule has 3 N–H and O–H groups in total. The number of nitrogen functional groups attached to an aromatic ring is 1. The summed E-state index contributed by atoms with van der Waals surface area (Å²) in [6.07, 6.45) is 0. The first-order chi connectivity index (χ1) is 14.1. The van der Waals surface area contributed by atoms with Crippen LogP contribution in [0.3, 0.4) is 0 Å². The third kappa shape index (κ3) is 4.36. The Bertz CT molecular complexity index is 1220. The molecule has 0 bridgehead atoms. The second-order valence-electron chi connectivity index (χ2n) is 7.65. The first kappa shape index (κ1) is 21.5. The van der Waals surface area contributed by atoms with Crippen molar-refractivity contribution in [2.75, 3.05) is 5.73 Å². The van der Waals surface area contributed by atoms with Gasteiger partial charge in [0.05, 0.1) is 6.54 Å². The van der Waals surface area contributed by atoms with E-state index in [0.29, 0.717) is 27.7 Å². The quantitative estimate of drug-likeness (QED) is 0.608. The molecule has 3 rings (SSSR count). The molecule has 8 heteroatoms. The van der Waals surface area contributed by atoms with Crippen molar-refractivity contribution in [2.24, 2.45) is 0 Å². The van der Waals surface area contributed by atoms with Crippen LogP contribution in [0.25, 0.3) is 0 Å². The van der Waals surface area contributed by atoms with Crippen LogP contribution in [-0.2, 0) is 6.54 Å². The Morgan fingerprint density at radius 2 is 1.87 bits per heavy atom. The van der Waals surface area contributed by atoms with Crippen LogP contribution in [0.4, 0.5) is 5.82 Å². The second-order valence-corrected chi connectivity index (χ2v) is 8.09. The fraction of sp³-hybridized carbons (Fsp3) is 0.273. The zero-order chi connectivity index (χ0) is 22.2. The van der Waals surface area contributed by atoms with Crippen molar-refractivity contribution in [2.45, 2.75) is 40.2 Å².